The summed E-state index contributed by atoms with van der Waals surface area (Å²) in [5, 5.41) is 6.45. The molecule has 1 fully saturated rings. The van der Waals surface area contributed by atoms with Crippen molar-refractivity contribution >= 4 is 17.3 Å². The summed E-state index contributed by atoms with van der Waals surface area (Å²) in [5.41, 5.74) is 8.14. The third kappa shape index (κ3) is 3.90. The summed E-state index contributed by atoms with van der Waals surface area (Å²) in [6, 6.07) is 5.92. The second-order valence-corrected chi connectivity index (χ2v) is 5.87. The van der Waals surface area contributed by atoms with Gasteiger partial charge in [-0.25, -0.2) is 0 Å². The number of carbonyl (C=O) groups excluding carboxylic acids is 1. The average Bonchev–Trinajstić information content (AvgIpc) is 2.48. The second kappa shape index (κ2) is 7.34. The van der Waals surface area contributed by atoms with Crippen LogP contribution in [0.5, 0.6) is 0 Å². The van der Waals surface area contributed by atoms with Crippen LogP contribution in [0.25, 0.3) is 0 Å². The highest BCUT2D eigenvalue weighted by Gasteiger charge is 2.24. The summed E-state index contributed by atoms with van der Waals surface area (Å²) >= 11 is 0. The number of rotatable bonds is 5. The predicted octanol–water partition coefficient (Wildman–Crippen LogP) is 3.40. The van der Waals surface area contributed by atoms with Gasteiger partial charge in [0.15, 0.2) is 0 Å². The molecule has 116 valence electrons. The van der Waals surface area contributed by atoms with Crippen molar-refractivity contribution in [3.8, 4) is 0 Å². The van der Waals surface area contributed by atoms with Crippen LogP contribution in [0.3, 0.4) is 0 Å². The molecule has 4 N–H and O–H groups in total. The summed E-state index contributed by atoms with van der Waals surface area (Å²) in [7, 11) is 0. The first-order valence-corrected chi connectivity index (χ1v) is 8.10. The Labute approximate surface area is 127 Å². The first kappa shape index (κ1) is 15.7. The fourth-order valence-electron chi connectivity index (χ4n) is 3.22. The lowest BCUT2D eigenvalue weighted by molar-refractivity contribution is 0.0956. The van der Waals surface area contributed by atoms with E-state index in [2.05, 4.69) is 17.6 Å². The van der Waals surface area contributed by atoms with Crippen LogP contribution in [0.15, 0.2) is 18.2 Å². The Hall–Kier alpha value is -1.71. The van der Waals surface area contributed by atoms with Crippen LogP contribution in [0.1, 0.15) is 56.3 Å². The highest BCUT2D eigenvalue weighted by Crippen LogP contribution is 2.31. The molecule has 0 saturated heterocycles. The van der Waals surface area contributed by atoms with Gasteiger partial charge in [0.1, 0.15) is 0 Å². The number of hydrogen-bond acceptors (Lipinski definition) is 3. The van der Waals surface area contributed by atoms with Crippen LogP contribution in [0, 0.1) is 5.92 Å². The maximum absolute atomic E-state index is 12.2. The van der Waals surface area contributed by atoms with Gasteiger partial charge in [-0.2, -0.15) is 0 Å². The van der Waals surface area contributed by atoms with Gasteiger partial charge in [0.2, 0.25) is 0 Å². The zero-order chi connectivity index (χ0) is 15.2. The molecule has 0 heterocycles. The standard InChI is InChI=1S/C17H27N3O/c1-3-12-7-5-6-8-15(12)20-16-11-13(18)9-10-14(16)17(21)19-4-2/h9-12,15,20H,3-8,18H2,1-2H3,(H,19,21). The molecule has 0 bridgehead atoms. The SMILES string of the molecule is CCNC(=O)c1ccc(N)cc1NC1CCCCC1CC. The van der Waals surface area contributed by atoms with Crippen LogP contribution in [0.4, 0.5) is 11.4 Å². The van der Waals surface area contributed by atoms with E-state index in [-0.39, 0.29) is 5.91 Å². The van der Waals surface area contributed by atoms with Crippen molar-refractivity contribution in [1.82, 2.24) is 5.32 Å². The van der Waals surface area contributed by atoms with Crippen LogP contribution in [-0.2, 0) is 0 Å². The van der Waals surface area contributed by atoms with Crippen molar-refractivity contribution in [3.05, 3.63) is 23.8 Å². The van der Waals surface area contributed by atoms with Crippen molar-refractivity contribution in [2.75, 3.05) is 17.6 Å². The zero-order valence-corrected chi connectivity index (χ0v) is 13.1. The molecule has 21 heavy (non-hydrogen) atoms. The molecular formula is C17H27N3O. The normalized spacial score (nSPS) is 21.8. The van der Waals surface area contributed by atoms with E-state index in [1.165, 1.54) is 32.1 Å². The minimum atomic E-state index is -0.0381. The van der Waals surface area contributed by atoms with Crippen molar-refractivity contribution in [3.63, 3.8) is 0 Å². The highest BCUT2D eigenvalue weighted by atomic mass is 16.1. The van der Waals surface area contributed by atoms with Gasteiger partial charge in [0.05, 0.1) is 5.56 Å². The minimum Gasteiger partial charge on any atom is -0.399 e. The molecule has 1 amide bonds. The van der Waals surface area contributed by atoms with Gasteiger partial charge in [-0.1, -0.05) is 26.2 Å². The van der Waals surface area contributed by atoms with Gasteiger partial charge < -0.3 is 16.4 Å². The summed E-state index contributed by atoms with van der Waals surface area (Å²) in [6.45, 7) is 4.80. The number of anilines is 2. The fraction of sp³-hybridized carbons (Fsp3) is 0.588. The molecule has 1 aromatic rings. The number of benzene rings is 1. The zero-order valence-electron chi connectivity index (χ0n) is 13.1. The van der Waals surface area contributed by atoms with Crippen molar-refractivity contribution in [2.24, 2.45) is 5.92 Å². The summed E-state index contributed by atoms with van der Waals surface area (Å²) < 4.78 is 0. The third-order valence-electron chi connectivity index (χ3n) is 4.40. The summed E-state index contributed by atoms with van der Waals surface area (Å²) in [5.74, 6) is 0.645. The Balaban J connectivity index is 2.21. The molecule has 4 nitrogen and oxygen atoms in total. The molecule has 1 aliphatic carbocycles. The number of nitrogens with two attached hydrogens (primary N) is 1. The van der Waals surface area contributed by atoms with Crippen LogP contribution in [0.2, 0.25) is 0 Å². The smallest absolute Gasteiger partial charge is 0.253 e. The molecule has 0 spiro atoms. The monoisotopic (exact) mass is 289 g/mol. The summed E-state index contributed by atoms with van der Waals surface area (Å²) in [6.07, 6.45) is 6.19. The topological polar surface area (TPSA) is 67.2 Å². The van der Waals surface area contributed by atoms with Crippen molar-refractivity contribution < 1.29 is 4.79 Å². The molecule has 0 aliphatic heterocycles. The molecule has 1 aliphatic rings. The van der Waals surface area contributed by atoms with E-state index in [0.717, 1.165) is 5.69 Å². The maximum atomic E-state index is 12.2. The number of amides is 1. The molecule has 4 heteroatoms. The largest absolute Gasteiger partial charge is 0.399 e. The Bertz CT molecular complexity index is 487. The van der Waals surface area contributed by atoms with E-state index in [1.54, 1.807) is 6.07 Å². The van der Waals surface area contributed by atoms with Crippen LogP contribution in [-0.4, -0.2) is 18.5 Å². The molecule has 2 atom stereocenters. The van der Waals surface area contributed by atoms with E-state index >= 15 is 0 Å². The molecule has 1 aromatic carbocycles. The number of nitrogens with one attached hydrogen (secondary N) is 2. The van der Waals surface area contributed by atoms with Gasteiger partial charge in [-0.15, -0.1) is 0 Å². The van der Waals surface area contributed by atoms with Crippen molar-refractivity contribution in [1.29, 1.82) is 0 Å². The van der Waals surface area contributed by atoms with Crippen molar-refractivity contribution in [2.45, 2.75) is 52.0 Å². The minimum absolute atomic E-state index is 0.0381. The van der Waals surface area contributed by atoms with Gasteiger partial charge in [-0.3, -0.25) is 4.79 Å². The Morgan fingerprint density at radius 1 is 1.29 bits per heavy atom. The average molecular weight is 289 g/mol. The van der Waals surface area contributed by atoms with E-state index in [4.69, 9.17) is 5.73 Å². The quantitative estimate of drug-likeness (QED) is 0.728. The van der Waals surface area contributed by atoms with Gasteiger partial charge >= 0.3 is 0 Å². The second-order valence-electron chi connectivity index (χ2n) is 5.87. The lowest BCUT2D eigenvalue weighted by Gasteiger charge is -2.33. The van der Waals surface area contributed by atoms with Crippen LogP contribution >= 0.6 is 0 Å². The number of carbonyl (C=O) groups is 1. The first-order chi connectivity index (χ1) is 10.2. The Morgan fingerprint density at radius 3 is 2.76 bits per heavy atom. The lowest BCUT2D eigenvalue weighted by Crippen LogP contribution is -2.33. The third-order valence-corrected chi connectivity index (χ3v) is 4.40. The van der Waals surface area contributed by atoms with Gasteiger partial charge in [0, 0.05) is 24.0 Å². The number of hydrogen-bond donors (Lipinski definition) is 3. The lowest BCUT2D eigenvalue weighted by atomic mass is 9.82. The Morgan fingerprint density at radius 2 is 2.05 bits per heavy atom. The van der Waals surface area contributed by atoms with E-state index in [1.807, 2.05) is 19.1 Å². The van der Waals surface area contributed by atoms with E-state index in [0.29, 0.717) is 29.8 Å². The van der Waals surface area contributed by atoms with Gasteiger partial charge in [-0.05, 0) is 43.9 Å². The number of nitrogen functional groups attached to an aromatic ring is 1. The molecule has 1 saturated carbocycles. The molecule has 0 aromatic heterocycles. The van der Waals surface area contributed by atoms with E-state index < -0.39 is 0 Å². The maximum Gasteiger partial charge on any atom is 0.253 e. The van der Waals surface area contributed by atoms with E-state index in [9.17, 15) is 4.79 Å². The summed E-state index contributed by atoms with van der Waals surface area (Å²) in [4.78, 5) is 12.2. The van der Waals surface area contributed by atoms with Gasteiger partial charge in [0.25, 0.3) is 5.91 Å². The molecule has 2 unspecified atom stereocenters. The fourth-order valence-corrected chi connectivity index (χ4v) is 3.22. The molecular weight excluding hydrogens is 262 g/mol. The molecule has 2 rings (SSSR count). The highest BCUT2D eigenvalue weighted by molar-refractivity contribution is 6.00. The predicted molar refractivity (Wildman–Crippen MR) is 88.5 cm³/mol. The first-order valence-electron chi connectivity index (χ1n) is 8.10. The Kier molecular flexibility index (Phi) is 5.48. The molecule has 0 radical (unpaired) electrons. The van der Waals surface area contributed by atoms with Crippen LogP contribution < -0.4 is 16.4 Å².